The highest BCUT2D eigenvalue weighted by Crippen LogP contribution is 2.46. The zero-order valence-electron chi connectivity index (χ0n) is 18.9. The zero-order valence-corrected chi connectivity index (χ0v) is 18.9. The molecule has 3 aromatic rings. The average Bonchev–Trinajstić information content (AvgIpc) is 2.80. The van der Waals surface area contributed by atoms with Gasteiger partial charge < -0.3 is 10.8 Å². The number of aliphatic hydroxyl groups is 1. The minimum absolute atomic E-state index is 0.498. The Kier molecular flexibility index (Phi) is 5.12. The minimum atomic E-state index is -0.698. The number of aromatic nitrogens is 2. The van der Waals surface area contributed by atoms with Crippen molar-refractivity contribution in [3.8, 4) is 22.4 Å². The van der Waals surface area contributed by atoms with E-state index in [0.717, 1.165) is 39.9 Å². The Morgan fingerprint density at radius 2 is 1.91 bits per heavy atom. The maximum absolute atomic E-state index is 10.2. The van der Waals surface area contributed by atoms with Crippen molar-refractivity contribution in [3.05, 3.63) is 77.9 Å². The molecule has 0 amide bonds. The lowest BCUT2D eigenvalue weighted by Crippen LogP contribution is -2.58. The van der Waals surface area contributed by atoms with E-state index in [4.69, 9.17) is 16.6 Å². The first-order valence-corrected chi connectivity index (χ1v) is 11.2. The first-order valence-electron chi connectivity index (χ1n) is 11.2. The summed E-state index contributed by atoms with van der Waals surface area (Å²) in [6, 6.07) is 14.1. The van der Waals surface area contributed by atoms with E-state index in [-0.39, 0.29) is 0 Å². The molecular weight excluding hydrogens is 412 g/mol. The van der Waals surface area contributed by atoms with Gasteiger partial charge in [0.1, 0.15) is 5.82 Å². The minimum Gasteiger partial charge on any atom is -0.390 e. The molecule has 1 fully saturated rings. The lowest BCUT2D eigenvalue weighted by Gasteiger charge is -2.49. The number of aliphatic imine (C=N–C) groups is 1. The Hall–Kier alpha value is -3.39. The Labute approximate surface area is 193 Å². The van der Waals surface area contributed by atoms with Gasteiger partial charge in [0, 0.05) is 46.4 Å². The van der Waals surface area contributed by atoms with Crippen molar-refractivity contribution in [3.63, 3.8) is 0 Å². The van der Waals surface area contributed by atoms with Gasteiger partial charge in [-0.1, -0.05) is 37.3 Å². The molecule has 168 valence electrons. The SMILES string of the molecule is CC/C=C1/N=Cc2cc(-c3cccnc3)c(-c3ccc(C4(N)CC(C)(O)C4)cc3)nc2N1N. The monoisotopic (exact) mass is 440 g/mol. The second-order valence-corrected chi connectivity index (χ2v) is 9.22. The molecule has 2 aliphatic rings. The molecule has 2 aromatic heterocycles. The van der Waals surface area contributed by atoms with Gasteiger partial charge >= 0.3 is 0 Å². The number of benzene rings is 1. The largest absolute Gasteiger partial charge is 0.390 e. The van der Waals surface area contributed by atoms with Crippen molar-refractivity contribution in [1.82, 2.24) is 9.97 Å². The fourth-order valence-corrected chi connectivity index (χ4v) is 4.88. The number of fused-ring (bicyclic) bond motifs is 1. The number of nitrogens with zero attached hydrogens (tertiary/aromatic N) is 4. The molecule has 7 nitrogen and oxygen atoms in total. The van der Waals surface area contributed by atoms with Gasteiger partial charge in [-0.25, -0.2) is 20.8 Å². The maximum Gasteiger partial charge on any atom is 0.158 e. The van der Waals surface area contributed by atoms with Crippen molar-refractivity contribution in [2.75, 3.05) is 5.01 Å². The van der Waals surface area contributed by atoms with E-state index in [2.05, 4.69) is 16.0 Å². The molecular formula is C26H28N6O. The van der Waals surface area contributed by atoms with Crippen LogP contribution >= 0.6 is 0 Å². The number of rotatable bonds is 4. The highest BCUT2D eigenvalue weighted by atomic mass is 16.3. The quantitative estimate of drug-likeness (QED) is 0.531. The topological polar surface area (TPSA) is 114 Å². The zero-order chi connectivity index (χ0) is 23.2. The maximum atomic E-state index is 10.2. The van der Waals surface area contributed by atoms with E-state index in [1.165, 1.54) is 5.01 Å². The molecule has 0 atom stereocenters. The van der Waals surface area contributed by atoms with Crippen LogP contribution in [0.4, 0.5) is 5.82 Å². The second kappa shape index (κ2) is 7.88. The van der Waals surface area contributed by atoms with Crippen LogP contribution in [0.5, 0.6) is 0 Å². The smallest absolute Gasteiger partial charge is 0.158 e. The van der Waals surface area contributed by atoms with E-state index in [9.17, 15) is 5.11 Å². The number of allylic oxidation sites excluding steroid dienone is 1. The van der Waals surface area contributed by atoms with Gasteiger partial charge in [0.2, 0.25) is 0 Å². The molecule has 5 rings (SSSR count). The summed E-state index contributed by atoms with van der Waals surface area (Å²) in [4.78, 5) is 13.8. The number of hydrazine groups is 1. The average molecular weight is 441 g/mol. The third kappa shape index (κ3) is 3.84. The summed E-state index contributed by atoms with van der Waals surface area (Å²) in [6.07, 6.45) is 9.28. The van der Waals surface area contributed by atoms with Crippen LogP contribution in [0.3, 0.4) is 0 Å². The van der Waals surface area contributed by atoms with Crippen LogP contribution in [0, 0.1) is 0 Å². The Morgan fingerprint density at radius 3 is 2.55 bits per heavy atom. The van der Waals surface area contributed by atoms with Crippen LogP contribution < -0.4 is 16.6 Å². The standard InChI is InChI=1S/C26H28N6O/c1-3-5-22-30-14-19-12-21(18-6-4-11-29-13-18)23(31-24(19)32(22)28)17-7-9-20(10-8-17)26(27)15-25(2,33)16-26/h4-14,33H,3,15-16,27-28H2,1-2H3/b22-5-. The second-order valence-electron chi connectivity index (χ2n) is 9.22. The molecule has 0 radical (unpaired) electrons. The number of nitrogens with two attached hydrogens (primary N) is 2. The fourth-order valence-electron chi connectivity index (χ4n) is 4.88. The van der Waals surface area contributed by atoms with Crippen molar-refractivity contribution >= 4 is 12.0 Å². The van der Waals surface area contributed by atoms with Crippen LogP contribution in [-0.4, -0.2) is 26.9 Å². The van der Waals surface area contributed by atoms with Crippen LogP contribution in [0.2, 0.25) is 0 Å². The molecule has 0 spiro atoms. The van der Waals surface area contributed by atoms with Gasteiger partial charge in [0.15, 0.2) is 5.82 Å². The van der Waals surface area contributed by atoms with Gasteiger partial charge in [-0.3, -0.25) is 4.98 Å². The molecule has 0 saturated heterocycles. The first-order chi connectivity index (χ1) is 15.8. The Morgan fingerprint density at radius 1 is 1.15 bits per heavy atom. The van der Waals surface area contributed by atoms with Crippen molar-refractivity contribution < 1.29 is 5.11 Å². The molecule has 0 bridgehead atoms. The Bertz CT molecular complexity index is 1240. The normalized spacial score (nSPS) is 25.1. The van der Waals surface area contributed by atoms with Crippen molar-refractivity contribution in [1.29, 1.82) is 0 Å². The Balaban J connectivity index is 1.61. The lowest BCUT2D eigenvalue weighted by molar-refractivity contribution is -0.0738. The van der Waals surface area contributed by atoms with Crippen LogP contribution in [0.15, 0.2) is 71.7 Å². The number of anilines is 1. The fraction of sp³-hybridized carbons (Fsp3) is 0.269. The predicted octanol–water partition coefficient (Wildman–Crippen LogP) is 3.87. The summed E-state index contributed by atoms with van der Waals surface area (Å²) in [5, 5.41) is 11.7. The summed E-state index contributed by atoms with van der Waals surface area (Å²) in [6.45, 7) is 3.87. The molecule has 0 unspecified atom stereocenters. The van der Waals surface area contributed by atoms with E-state index in [0.29, 0.717) is 24.5 Å². The molecule has 1 aromatic carbocycles. The number of pyridine rings is 2. The molecule has 3 heterocycles. The van der Waals surface area contributed by atoms with Gasteiger partial charge in [-0.05, 0) is 50.0 Å². The van der Waals surface area contributed by atoms with Gasteiger partial charge in [0.05, 0.1) is 11.3 Å². The van der Waals surface area contributed by atoms with Crippen LogP contribution in [-0.2, 0) is 5.54 Å². The summed E-state index contributed by atoms with van der Waals surface area (Å²) in [7, 11) is 0. The van der Waals surface area contributed by atoms with Crippen LogP contribution in [0.25, 0.3) is 22.4 Å². The lowest BCUT2D eigenvalue weighted by atomic mass is 9.63. The van der Waals surface area contributed by atoms with Gasteiger partial charge in [-0.2, -0.15) is 0 Å². The summed E-state index contributed by atoms with van der Waals surface area (Å²) in [5.41, 5.74) is 10.9. The molecule has 7 heteroatoms. The molecule has 33 heavy (non-hydrogen) atoms. The number of hydrogen-bond donors (Lipinski definition) is 3. The van der Waals surface area contributed by atoms with E-state index < -0.39 is 11.1 Å². The van der Waals surface area contributed by atoms with Crippen LogP contribution in [0.1, 0.15) is 44.2 Å². The molecule has 1 aliphatic heterocycles. The molecule has 1 aliphatic carbocycles. The highest BCUT2D eigenvalue weighted by Gasteiger charge is 2.49. The van der Waals surface area contributed by atoms with E-state index in [1.54, 1.807) is 12.4 Å². The first kappa shape index (κ1) is 21.5. The molecule has 1 saturated carbocycles. The third-order valence-corrected chi connectivity index (χ3v) is 6.33. The third-order valence-electron chi connectivity index (χ3n) is 6.33. The van der Waals surface area contributed by atoms with Gasteiger partial charge in [0.25, 0.3) is 0 Å². The predicted molar refractivity (Wildman–Crippen MR) is 131 cm³/mol. The highest BCUT2D eigenvalue weighted by molar-refractivity contribution is 5.95. The van der Waals surface area contributed by atoms with E-state index >= 15 is 0 Å². The van der Waals surface area contributed by atoms with Crippen molar-refractivity contribution in [2.24, 2.45) is 16.6 Å². The summed E-state index contributed by atoms with van der Waals surface area (Å²) >= 11 is 0. The summed E-state index contributed by atoms with van der Waals surface area (Å²) in [5.74, 6) is 7.71. The van der Waals surface area contributed by atoms with Gasteiger partial charge in [-0.15, -0.1) is 0 Å². The molecule has 5 N–H and O–H groups in total. The summed E-state index contributed by atoms with van der Waals surface area (Å²) < 4.78 is 0. The number of hydrogen-bond acceptors (Lipinski definition) is 7. The van der Waals surface area contributed by atoms with Crippen molar-refractivity contribution in [2.45, 2.75) is 44.2 Å². The van der Waals surface area contributed by atoms with E-state index in [1.807, 2.05) is 62.5 Å².